The molecule has 6 nitrogen and oxygen atoms in total. The first-order chi connectivity index (χ1) is 13.5. The number of ether oxygens (including phenoxy) is 1. The quantitative estimate of drug-likeness (QED) is 0.231. The SMILES string of the molecule is CN=C(NCCCCn1c(C)cccc1=O)N(C)CCOc1ccc(Cl)cc1.I. The number of aliphatic imine (C=N–C) groups is 1. The number of halogens is 2. The Balaban J connectivity index is 0.00000420. The molecular weight excluding hydrogens is 503 g/mol. The summed E-state index contributed by atoms with van der Waals surface area (Å²) in [4.78, 5) is 18.2. The van der Waals surface area contributed by atoms with Gasteiger partial charge in [0.2, 0.25) is 0 Å². The number of aryl methyl sites for hydroxylation is 1. The highest BCUT2D eigenvalue weighted by atomic mass is 127. The number of hydrogen-bond donors (Lipinski definition) is 1. The summed E-state index contributed by atoms with van der Waals surface area (Å²) >= 11 is 5.87. The normalized spacial score (nSPS) is 11.0. The van der Waals surface area contributed by atoms with Gasteiger partial charge in [-0.3, -0.25) is 9.79 Å². The number of pyridine rings is 1. The molecule has 29 heavy (non-hydrogen) atoms. The molecule has 0 aliphatic carbocycles. The molecule has 0 radical (unpaired) electrons. The van der Waals surface area contributed by atoms with E-state index in [1.54, 1.807) is 19.2 Å². The minimum atomic E-state index is 0. The number of unbranched alkanes of at least 4 members (excludes halogenated alkanes) is 1. The van der Waals surface area contributed by atoms with Gasteiger partial charge >= 0.3 is 0 Å². The fraction of sp³-hybridized carbons (Fsp3) is 0.429. The maximum Gasteiger partial charge on any atom is 0.250 e. The second kappa shape index (κ2) is 13.5. The first kappa shape index (κ1) is 25.3. The average Bonchev–Trinajstić information content (AvgIpc) is 2.68. The average molecular weight is 533 g/mol. The fourth-order valence-electron chi connectivity index (χ4n) is 2.83. The van der Waals surface area contributed by atoms with E-state index >= 15 is 0 Å². The summed E-state index contributed by atoms with van der Waals surface area (Å²) < 4.78 is 7.54. The zero-order valence-electron chi connectivity index (χ0n) is 17.2. The van der Waals surface area contributed by atoms with Gasteiger partial charge in [0.25, 0.3) is 5.56 Å². The summed E-state index contributed by atoms with van der Waals surface area (Å²) in [5.74, 6) is 1.62. The number of nitrogens with one attached hydrogen (secondary N) is 1. The largest absolute Gasteiger partial charge is 0.492 e. The molecule has 160 valence electrons. The molecule has 0 amide bonds. The van der Waals surface area contributed by atoms with Crippen LogP contribution in [0.4, 0.5) is 0 Å². The van der Waals surface area contributed by atoms with Gasteiger partial charge in [-0.2, -0.15) is 0 Å². The first-order valence-electron chi connectivity index (χ1n) is 9.48. The van der Waals surface area contributed by atoms with Crippen LogP contribution >= 0.6 is 35.6 Å². The topological polar surface area (TPSA) is 58.9 Å². The molecule has 0 fully saturated rings. The minimum Gasteiger partial charge on any atom is -0.492 e. The van der Waals surface area contributed by atoms with Crippen LogP contribution in [0.15, 0.2) is 52.3 Å². The lowest BCUT2D eigenvalue weighted by atomic mass is 10.3. The highest BCUT2D eigenvalue weighted by Gasteiger charge is 2.06. The molecule has 0 spiro atoms. The number of hydrogen-bond acceptors (Lipinski definition) is 3. The lowest BCUT2D eigenvalue weighted by Gasteiger charge is -2.22. The third kappa shape index (κ3) is 8.65. The Morgan fingerprint density at radius 3 is 2.59 bits per heavy atom. The van der Waals surface area contributed by atoms with Crippen LogP contribution in [-0.2, 0) is 6.54 Å². The fourth-order valence-corrected chi connectivity index (χ4v) is 2.95. The van der Waals surface area contributed by atoms with Crippen molar-refractivity contribution in [1.82, 2.24) is 14.8 Å². The lowest BCUT2D eigenvalue weighted by molar-refractivity contribution is 0.281. The number of benzene rings is 1. The van der Waals surface area contributed by atoms with Crippen LogP contribution in [-0.4, -0.2) is 49.2 Å². The standard InChI is InChI=1S/C21H29ClN4O2.HI/c1-17-7-6-8-20(27)26(17)14-5-4-13-24-21(23-2)25(3)15-16-28-19-11-9-18(22)10-12-19;/h6-12H,4-5,13-16H2,1-3H3,(H,23,24);1H. The smallest absolute Gasteiger partial charge is 0.250 e. The number of rotatable bonds is 9. The molecule has 1 N–H and O–H groups in total. The molecule has 0 saturated carbocycles. The maximum absolute atomic E-state index is 11.9. The van der Waals surface area contributed by atoms with E-state index in [1.807, 2.05) is 53.8 Å². The molecule has 0 bridgehead atoms. The third-order valence-electron chi connectivity index (χ3n) is 4.44. The van der Waals surface area contributed by atoms with Gasteiger partial charge in [-0.05, 0) is 50.1 Å². The van der Waals surface area contributed by atoms with Crippen molar-refractivity contribution < 1.29 is 4.74 Å². The van der Waals surface area contributed by atoms with E-state index < -0.39 is 0 Å². The molecule has 0 aliphatic heterocycles. The Bertz CT molecular complexity index is 824. The van der Waals surface area contributed by atoms with Crippen LogP contribution in [0.1, 0.15) is 18.5 Å². The molecule has 0 atom stereocenters. The highest BCUT2D eigenvalue weighted by Crippen LogP contribution is 2.15. The van der Waals surface area contributed by atoms with E-state index in [4.69, 9.17) is 16.3 Å². The summed E-state index contributed by atoms with van der Waals surface area (Å²) in [6.45, 7) is 4.75. The Morgan fingerprint density at radius 2 is 1.93 bits per heavy atom. The molecule has 8 heteroatoms. The van der Waals surface area contributed by atoms with Crippen molar-refractivity contribution in [2.45, 2.75) is 26.3 Å². The summed E-state index contributed by atoms with van der Waals surface area (Å²) in [5.41, 5.74) is 1.06. The zero-order chi connectivity index (χ0) is 20.4. The van der Waals surface area contributed by atoms with Crippen molar-refractivity contribution in [3.05, 3.63) is 63.5 Å². The molecule has 2 aromatic rings. The van der Waals surface area contributed by atoms with E-state index in [0.717, 1.165) is 43.3 Å². The van der Waals surface area contributed by atoms with Gasteiger partial charge < -0.3 is 19.5 Å². The molecule has 1 heterocycles. The summed E-state index contributed by atoms with van der Waals surface area (Å²) in [5, 5.41) is 4.05. The second-order valence-corrected chi connectivity index (χ2v) is 7.00. The zero-order valence-corrected chi connectivity index (χ0v) is 20.3. The number of likely N-dealkylation sites (N-methyl/N-ethyl adjacent to an activating group) is 1. The van der Waals surface area contributed by atoms with Crippen LogP contribution in [0.2, 0.25) is 5.02 Å². The maximum atomic E-state index is 11.9. The number of guanidine groups is 1. The van der Waals surface area contributed by atoms with Gasteiger partial charge in [0.15, 0.2) is 5.96 Å². The molecule has 2 rings (SSSR count). The number of nitrogens with zero attached hydrogens (tertiary/aromatic N) is 3. The van der Waals surface area contributed by atoms with E-state index in [0.29, 0.717) is 18.2 Å². The van der Waals surface area contributed by atoms with E-state index in [2.05, 4.69) is 10.3 Å². The predicted molar refractivity (Wildman–Crippen MR) is 131 cm³/mol. The van der Waals surface area contributed by atoms with Gasteiger partial charge in [-0.1, -0.05) is 17.7 Å². The Morgan fingerprint density at radius 1 is 1.21 bits per heavy atom. The van der Waals surface area contributed by atoms with Crippen molar-refractivity contribution in [2.24, 2.45) is 4.99 Å². The van der Waals surface area contributed by atoms with Crippen molar-refractivity contribution in [3.63, 3.8) is 0 Å². The third-order valence-corrected chi connectivity index (χ3v) is 4.69. The van der Waals surface area contributed by atoms with Gasteiger partial charge in [0, 0.05) is 44.0 Å². The molecule has 0 unspecified atom stereocenters. The summed E-state index contributed by atoms with van der Waals surface area (Å²) in [6, 6.07) is 12.7. The van der Waals surface area contributed by atoms with Crippen molar-refractivity contribution in [2.75, 3.05) is 33.8 Å². The van der Waals surface area contributed by atoms with Gasteiger partial charge in [-0.25, -0.2) is 0 Å². The molecular formula is C21H30ClIN4O2. The van der Waals surface area contributed by atoms with E-state index in [-0.39, 0.29) is 29.5 Å². The lowest BCUT2D eigenvalue weighted by Crippen LogP contribution is -2.41. The second-order valence-electron chi connectivity index (χ2n) is 6.56. The van der Waals surface area contributed by atoms with Crippen LogP contribution < -0.4 is 15.6 Å². The van der Waals surface area contributed by atoms with Crippen LogP contribution in [0.5, 0.6) is 5.75 Å². The first-order valence-corrected chi connectivity index (χ1v) is 9.85. The minimum absolute atomic E-state index is 0. The summed E-state index contributed by atoms with van der Waals surface area (Å²) in [6.07, 6.45) is 1.88. The van der Waals surface area contributed by atoms with E-state index in [1.165, 1.54) is 0 Å². The van der Waals surface area contributed by atoms with Crippen LogP contribution in [0.25, 0.3) is 0 Å². The van der Waals surface area contributed by atoms with Gasteiger partial charge in [0.05, 0.1) is 6.54 Å². The Kier molecular flexibility index (Phi) is 11.8. The monoisotopic (exact) mass is 532 g/mol. The Hall–Kier alpha value is -1.74. The molecule has 1 aromatic heterocycles. The van der Waals surface area contributed by atoms with E-state index in [9.17, 15) is 4.79 Å². The molecule has 0 saturated heterocycles. The van der Waals surface area contributed by atoms with Gasteiger partial charge in [0.1, 0.15) is 12.4 Å². The highest BCUT2D eigenvalue weighted by molar-refractivity contribution is 14.0. The van der Waals surface area contributed by atoms with Crippen molar-refractivity contribution >= 4 is 41.5 Å². The van der Waals surface area contributed by atoms with Gasteiger partial charge in [-0.15, -0.1) is 24.0 Å². The van der Waals surface area contributed by atoms with Crippen LogP contribution in [0, 0.1) is 6.92 Å². The van der Waals surface area contributed by atoms with Crippen LogP contribution in [0.3, 0.4) is 0 Å². The predicted octanol–water partition coefficient (Wildman–Crippen LogP) is 3.79. The Labute approximate surface area is 194 Å². The molecule has 1 aromatic carbocycles. The molecule has 0 aliphatic rings. The van der Waals surface area contributed by atoms with Crippen molar-refractivity contribution in [3.8, 4) is 5.75 Å². The van der Waals surface area contributed by atoms with Crippen molar-refractivity contribution in [1.29, 1.82) is 0 Å². The number of aromatic nitrogens is 1. The summed E-state index contributed by atoms with van der Waals surface area (Å²) in [7, 11) is 3.75.